The fourth-order valence-corrected chi connectivity index (χ4v) is 3.27. The summed E-state index contributed by atoms with van der Waals surface area (Å²) in [6.45, 7) is 6.76. The summed E-state index contributed by atoms with van der Waals surface area (Å²) in [5.74, 6) is 0.113. The number of para-hydroxylation sites is 1. The van der Waals surface area contributed by atoms with Crippen LogP contribution in [0.25, 0.3) is 0 Å². The molecule has 0 N–H and O–H groups in total. The minimum absolute atomic E-state index is 0. The summed E-state index contributed by atoms with van der Waals surface area (Å²) in [5.41, 5.74) is 4.54. The highest BCUT2D eigenvalue weighted by molar-refractivity contribution is 5.91. The van der Waals surface area contributed by atoms with Crippen LogP contribution >= 0.6 is 0 Å². The molecule has 0 saturated carbocycles. The number of allylic oxidation sites excluding steroid dienone is 2. The number of halogens is 1. The molecule has 2 heterocycles. The smallest absolute Gasteiger partial charge is 0.222 e. The molecule has 24 heavy (non-hydrogen) atoms. The van der Waals surface area contributed by atoms with E-state index in [4.69, 9.17) is 0 Å². The number of pyridine rings is 1. The molecule has 1 aliphatic heterocycles. The van der Waals surface area contributed by atoms with Crippen LogP contribution in [0.15, 0.2) is 60.6 Å². The summed E-state index contributed by atoms with van der Waals surface area (Å²) in [6.07, 6.45) is 5.70. The molecule has 1 aromatic carbocycles. The van der Waals surface area contributed by atoms with Crippen LogP contribution in [0.5, 0.6) is 0 Å². The average molecular weight is 343 g/mol. The first-order valence-electron chi connectivity index (χ1n) is 7.93. The molecule has 2 aromatic rings. The number of hydrogen-bond acceptors (Lipinski definition) is 2. The van der Waals surface area contributed by atoms with Crippen molar-refractivity contribution in [2.45, 2.75) is 32.7 Å². The third-order valence-electron chi connectivity index (χ3n) is 4.63. The molecule has 0 amide bonds. The molecule has 1 aliphatic rings. The summed E-state index contributed by atoms with van der Waals surface area (Å²) in [6, 6.07) is 12.4. The number of ketones is 1. The predicted molar refractivity (Wildman–Crippen MR) is 92.3 cm³/mol. The summed E-state index contributed by atoms with van der Waals surface area (Å²) >= 11 is 0. The predicted octanol–water partition coefficient (Wildman–Crippen LogP) is 0.167. The molecule has 1 aromatic heterocycles. The van der Waals surface area contributed by atoms with Crippen LogP contribution in [0.2, 0.25) is 0 Å². The van der Waals surface area contributed by atoms with Gasteiger partial charge in [-0.25, -0.2) is 0 Å². The lowest BCUT2D eigenvalue weighted by Crippen LogP contribution is -3.00. The second kappa shape index (κ2) is 6.78. The van der Waals surface area contributed by atoms with Gasteiger partial charge in [-0.1, -0.05) is 32.0 Å². The molecule has 0 fully saturated rings. The van der Waals surface area contributed by atoms with E-state index in [2.05, 4.69) is 36.9 Å². The number of anilines is 1. The number of carbonyl (C=O) groups excluding carboxylic acids is 1. The van der Waals surface area contributed by atoms with Crippen molar-refractivity contribution < 1.29 is 21.8 Å². The zero-order chi connectivity index (χ0) is 16.6. The van der Waals surface area contributed by atoms with Crippen molar-refractivity contribution in [3.05, 3.63) is 71.7 Å². The van der Waals surface area contributed by atoms with E-state index in [-0.39, 0.29) is 23.6 Å². The standard InChI is InChI=1S/C20H23N2O.ClH/c1-15-9-11-22(12-10-15)14-16(23)13-19-20(2,3)17-7-5-6-8-18(17)21(19)4;/h5-13H,14H2,1-4H3;1H/q+1;/p-1. The highest BCUT2D eigenvalue weighted by Gasteiger charge is 2.38. The largest absolute Gasteiger partial charge is 1.00 e. The first kappa shape index (κ1) is 18.2. The first-order valence-corrected chi connectivity index (χ1v) is 7.93. The maximum atomic E-state index is 12.5. The zero-order valence-electron chi connectivity index (χ0n) is 14.6. The van der Waals surface area contributed by atoms with Gasteiger partial charge >= 0.3 is 0 Å². The lowest BCUT2D eigenvalue weighted by molar-refractivity contribution is -0.683. The normalized spacial score (nSPS) is 16.7. The molecule has 0 unspecified atom stereocenters. The van der Waals surface area contributed by atoms with Gasteiger partial charge in [-0.05, 0) is 24.1 Å². The van der Waals surface area contributed by atoms with Crippen LogP contribution in [-0.4, -0.2) is 12.8 Å². The number of carbonyl (C=O) groups is 1. The molecular formula is C20H23ClN2O. The second-order valence-electron chi connectivity index (χ2n) is 6.74. The van der Waals surface area contributed by atoms with E-state index in [1.807, 2.05) is 49.1 Å². The van der Waals surface area contributed by atoms with Crippen molar-refractivity contribution >= 4 is 11.5 Å². The van der Waals surface area contributed by atoms with Gasteiger partial charge in [0.25, 0.3) is 0 Å². The molecular weight excluding hydrogens is 320 g/mol. The van der Waals surface area contributed by atoms with Crippen LogP contribution in [0.1, 0.15) is 25.0 Å². The Morgan fingerprint density at radius 1 is 1.17 bits per heavy atom. The van der Waals surface area contributed by atoms with E-state index in [0.717, 1.165) is 5.70 Å². The number of likely N-dealkylation sites (N-methyl/N-ethyl adjacent to an activating group) is 1. The van der Waals surface area contributed by atoms with E-state index in [1.165, 1.54) is 16.8 Å². The Kier molecular flexibility index (Phi) is 5.14. The zero-order valence-corrected chi connectivity index (χ0v) is 15.3. The van der Waals surface area contributed by atoms with Crippen molar-refractivity contribution in [1.29, 1.82) is 0 Å². The third-order valence-corrected chi connectivity index (χ3v) is 4.63. The quantitative estimate of drug-likeness (QED) is 0.586. The molecule has 0 saturated heterocycles. The minimum Gasteiger partial charge on any atom is -1.00 e. The second-order valence-corrected chi connectivity index (χ2v) is 6.74. The van der Waals surface area contributed by atoms with Crippen molar-refractivity contribution in [3.8, 4) is 0 Å². The van der Waals surface area contributed by atoms with Gasteiger partial charge in [0.05, 0.1) is 0 Å². The molecule has 0 spiro atoms. The van der Waals surface area contributed by atoms with E-state index in [0.29, 0.717) is 6.54 Å². The van der Waals surface area contributed by atoms with Crippen molar-refractivity contribution in [3.63, 3.8) is 0 Å². The molecule has 3 rings (SSSR count). The van der Waals surface area contributed by atoms with Gasteiger partial charge in [0.2, 0.25) is 12.3 Å². The van der Waals surface area contributed by atoms with Gasteiger partial charge in [0, 0.05) is 42.1 Å². The van der Waals surface area contributed by atoms with Crippen LogP contribution in [0.3, 0.4) is 0 Å². The summed E-state index contributed by atoms with van der Waals surface area (Å²) in [7, 11) is 2.03. The highest BCUT2D eigenvalue weighted by atomic mass is 35.5. The lowest BCUT2D eigenvalue weighted by atomic mass is 9.83. The molecule has 3 nitrogen and oxygen atoms in total. The minimum atomic E-state index is -0.154. The Morgan fingerprint density at radius 2 is 1.79 bits per heavy atom. The Labute approximate surface area is 150 Å². The molecule has 0 aliphatic carbocycles. The Hall–Kier alpha value is -2.13. The number of aromatic nitrogens is 1. The van der Waals surface area contributed by atoms with E-state index >= 15 is 0 Å². The number of aryl methyl sites for hydroxylation is 1. The lowest BCUT2D eigenvalue weighted by Gasteiger charge is -2.23. The summed E-state index contributed by atoms with van der Waals surface area (Å²) < 4.78 is 1.92. The first-order chi connectivity index (χ1) is 10.9. The average Bonchev–Trinajstić information content (AvgIpc) is 2.71. The van der Waals surface area contributed by atoms with E-state index < -0.39 is 0 Å². The van der Waals surface area contributed by atoms with Gasteiger partial charge in [-0.3, -0.25) is 4.79 Å². The molecule has 0 bridgehead atoms. The Morgan fingerprint density at radius 3 is 2.42 bits per heavy atom. The number of benzene rings is 1. The SMILES string of the molecule is Cc1cc[n+](CC(=O)C=C2N(C)c3ccccc3C2(C)C)cc1.[Cl-]. The summed E-state index contributed by atoms with van der Waals surface area (Å²) in [4.78, 5) is 14.6. The third kappa shape index (κ3) is 3.22. The monoisotopic (exact) mass is 342 g/mol. The van der Waals surface area contributed by atoms with Gasteiger partial charge < -0.3 is 17.3 Å². The van der Waals surface area contributed by atoms with Crippen LogP contribution in [0, 0.1) is 6.92 Å². The van der Waals surface area contributed by atoms with Gasteiger partial charge in [0.1, 0.15) is 0 Å². The fourth-order valence-electron chi connectivity index (χ4n) is 3.27. The van der Waals surface area contributed by atoms with E-state index in [9.17, 15) is 4.79 Å². The topological polar surface area (TPSA) is 24.2 Å². The van der Waals surface area contributed by atoms with Gasteiger partial charge in [-0.15, -0.1) is 0 Å². The fraction of sp³-hybridized carbons (Fsp3) is 0.300. The number of nitrogens with zero attached hydrogens (tertiary/aromatic N) is 2. The molecule has 126 valence electrons. The summed E-state index contributed by atoms with van der Waals surface area (Å²) in [5, 5.41) is 0. The highest BCUT2D eigenvalue weighted by Crippen LogP contribution is 2.46. The number of hydrogen-bond donors (Lipinski definition) is 0. The van der Waals surface area contributed by atoms with Gasteiger partial charge in [-0.2, -0.15) is 4.57 Å². The van der Waals surface area contributed by atoms with Crippen LogP contribution < -0.4 is 21.9 Å². The van der Waals surface area contributed by atoms with Gasteiger partial charge in [0.15, 0.2) is 12.4 Å². The Balaban J connectivity index is 0.00000208. The molecule has 0 radical (unpaired) electrons. The Bertz CT molecular complexity index is 778. The number of rotatable bonds is 3. The maximum Gasteiger partial charge on any atom is 0.222 e. The van der Waals surface area contributed by atoms with Crippen molar-refractivity contribution in [2.24, 2.45) is 0 Å². The number of fused-ring (bicyclic) bond motifs is 1. The van der Waals surface area contributed by atoms with Crippen molar-refractivity contribution in [1.82, 2.24) is 0 Å². The molecule has 0 atom stereocenters. The molecule has 4 heteroatoms. The van der Waals surface area contributed by atoms with E-state index in [1.54, 1.807) is 6.08 Å². The van der Waals surface area contributed by atoms with Crippen LogP contribution in [-0.2, 0) is 16.8 Å². The maximum absolute atomic E-state index is 12.5. The van der Waals surface area contributed by atoms with Crippen molar-refractivity contribution in [2.75, 3.05) is 11.9 Å². The van der Waals surface area contributed by atoms with Crippen LogP contribution in [0.4, 0.5) is 5.69 Å².